The molecule has 0 saturated heterocycles. The smallest absolute Gasteiger partial charge is 0.226 e. The topological polar surface area (TPSA) is 74.8 Å². The van der Waals surface area contributed by atoms with Crippen LogP contribution in [-0.4, -0.2) is 38.7 Å². The molecule has 1 aromatic rings. The number of carbonyl (C=O) groups is 1. The quantitative estimate of drug-likeness (QED) is 0.203. The Morgan fingerprint density at radius 2 is 1.74 bits per heavy atom. The lowest BCUT2D eigenvalue weighted by Gasteiger charge is -2.13. The summed E-state index contributed by atoms with van der Waals surface area (Å²) in [5, 5.41) is 9.39. The molecule has 0 unspecified atom stereocenters. The van der Waals surface area contributed by atoms with E-state index in [9.17, 15) is 4.79 Å². The van der Waals surface area contributed by atoms with E-state index in [2.05, 4.69) is 34.8 Å². The van der Waals surface area contributed by atoms with E-state index in [1.54, 1.807) is 7.05 Å². The van der Waals surface area contributed by atoms with Gasteiger partial charge < -0.3 is 20.7 Å². The van der Waals surface area contributed by atoms with Crippen LogP contribution in [0.4, 0.5) is 5.69 Å². The lowest BCUT2D eigenvalue weighted by atomic mass is 10.1. The number of amides is 1. The Kier molecular flexibility index (Phi) is 13.9. The van der Waals surface area contributed by atoms with Crippen molar-refractivity contribution in [2.75, 3.05) is 32.1 Å². The van der Waals surface area contributed by atoms with E-state index >= 15 is 0 Å². The van der Waals surface area contributed by atoms with Crippen LogP contribution in [0.15, 0.2) is 29.3 Å². The van der Waals surface area contributed by atoms with Gasteiger partial charge in [0.05, 0.1) is 6.61 Å². The van der Waals surface area contributed by atoms with E-state index in [-0.39, 0.29) is 35.8 Å². The minimum Gasteiger partial charge on any atom is -0.380 e. The van der Waals surface area contributed by atoms with Crippen LogP contribution < -0.4 is 16.0 Å². The number of benzene rings is 1. The molecular formula is C20H35IN4O2. The van der Waals surface area contributed by atoms with Crippen molar-refractivity contribution in [3.8, 4) is 0 Å². The zero-order valence-corrected chi connectivity index (χ0v) is 19.5. The number of hydrogen-bond acceptors (Lipinski definition) is 3. The number of hydrogen-bond donors (Lipinski definition) is 3. The van der Waals surface area contributed by atoms with Gasteiger partial charge in [0.2, 0.25) is 5.91 Å². The van der Waals surface area contributed by atoms with Crippen molar-refractivity contribution in [2.45, 2.75) is 40.7 Å². The first-order valence-electron chi connectivity index (χ1n) is 9.34. The largest absolute Gasteiger partial charge is 0.380 e. The Balaban J connectivity index is 0.00000676. The lowest BCUT2D eigenvalue weighted by Crippen LogP contribution is -2.38. The first-order chi connectivity index (χ1) is 12.4. The number of guanidine groups is 1. The van der Waals surface area contributed by atoms with Gasteiger partial charge in [-0.1, -0.05) is 39.8 Å². The molecule has 1 rings (SSSR count). The second-order valence-electron chi connectivity index (χ2n) is 6.99. The normalized spacial score (nSPS) is 11.3. The first kappa shape index (κ1) is 25.6. The Morgan fingerprint density at radius 3 is 2.30 bits per heavy atom. The predicted octanol–water partition coefficient (Wildman–Crippen LogP) is 3.63. The average molecular weight is 490 g/mol. The molecule has 0 aliphatic carbocycles. The number of halogens is 1. The van der Waals surface area contributed by atoms with E-state index in [1.807, 2.05) is 38.1 Å². The summed E-state index contributed by atoms with van der Waals surface area (Å²) in [5.74, 6) is 1.41. The monoisotopic (exact) mass is 490 g/mol. The maximum atomic E-state index is 11.7. The van der Waals surface area contributed by atoms with Crippen LogP contribution >= 0.6 is 24.0 Å². The molecule has 7 heteroatoms. The molecule has 0 aliphatic rings. The van der Waals surface area contributed by atoms with Gasteiger partial charge in [0.15, 0.2) is 5.96 Å². The molecule has 0 atom stereocenters. The van der Waals surface area contributed by atoms with E-state index < -0.39 is 0 Å². The highest BCUT2D eigenvalue weighted by atomic mass is 127. The van der Waals surface area contributed by atoms with Crippen molar-refractivity contribution in [3.63, 3.8) is 0 Å². The van der Waals surface area contributed by atoms with Crippen LogP contribution in [-0.2, 0) is 16.1 Å². The Morgan fingerprint density at radius 1 is 1.07 bits per heavy atom. The Bertz CT molecular complexity index is 560. The lowest BCUT2D eigenvalue weighted by molar-refractivity contribution is -0.118. The van der Waals surface area contributed by atoms with E-state index in [4.69, 9.17) is 4.74 Å². The number of carbonyl (C=O) groups excluding carboxylic acids is 1. The third-order valence-electron chi connectivity index (χ3n) is 3.81. The molecule has 27 heavy (non-hydrogen) atoms. The van der Waals surface area contributed by atoms with Crippen molar-refractivity contribution >= 4 is 41.5 Å². The summed E-state index contributed by atoms with van der Waals surface area (Å²) in [6.45, 7) is 11.0. The van der Waals surface area contributed by atoms with Crippen molar-refractivity contribution in [2.24, 2.45) is 16.8 Å². The fourth-order valence-electron chi connectivity index (χ4n) is 2.06. The minimum atomic E-state index is -0.0277. The highest BCUT2D eigenvalue weighted by molar-refractivity contribution is 14.0. The molecule has 0 saturated carbocycles. The first-order valence-corrected chi connectivity index (χ1v) is 9.34. The summed E-state index contributed by atoms with van der Waals surface area (Å²) in [7, 11) is 1.75. The summed E-state index contributed by atoms with van der Waals surface area (Å²) in [4.78, 5) is 15.9. The molecule has 0 heterocycles. The van der Waals surface area contributed by atoms with E-state index in [1.165, 1.54) is 0 Å². The maximum absolute atomic E-state index is 11.7. The van der Waals surface area contributed by atoms with Crippen LogP contribution in [0.2, 0.25) is 0 Å². The Hall–Kier alpha value is -1.35. The standard InChI is InChI=1S/C20H34N4O2.HI/c1-15(2)10-12-26-13-11-22-20(21-5)23-14-17-6-8-18(9-7-17)24-19(25)16(3)4;/h6-9,15-16H,10-14H2,1-5H3,(H,24,25)(H2,21,22,23);1H. The van der Waals surface area contributed by atoms with Gasteiger partial charge in [-0.3, -0.25) is 9.79 Å². The predicted molar refractivity (Wildman–Crippen MR) is 124 cm³/mol. The highest BCUT2D eigenvalue weighted by Gasteiger charge is 2.06. The van der Waals surface area contributed by atoms with Crippen LogP contribution in [0, 0.1) is 11.8 Å². The Labute approximate surface area is 181 Å². The van der Waals surface area contributed by atoms with Crippen molar-refractivity contribution in [1.29, 1.82) is 0 Å². The summed E-state index contributed by atoms with van der Waals surface area (Å²) in [6, 6.07) is 7.81. The van der Waals surface area contributed by atoms with Crippen LogP contribution in [0.25, 0.3) is 0 Å². The third kappa shape index (κ3) is 11.9. The SMILES string of the molecule is CN=C(NCCOCCC(C)C)NCc1ccc(NC(=O)C(C)C)cc1.I. The number of nitrogens with one attached hydrogen (secondary N) is 3. The molecule has 1 amide bonds. The summed E-state index contributed by atoms with van der Waals surface area (Å²) in [5.41, 5.74) is 1.93. The van der Waals surface area contributed by atoms with Gasteiger partial charge in [-0.15, -0.1) is 24.0 Å². The average Bonchev–Trinajstić information content (AvgIpc) is 2.61. The summed E-state index contributed by atoms with van der Waals surface area (Å²) < 4.78 is 5.58. The molecule has 3 N–H and O–H groups in total. The van der Waals surface area contributed by atoms with Gasteiger partial charge >= 0.3 is 0 Å². The van der Waals surface area contributed by atoms with Crippen LogP contribution in [0.5, 0.6) is 0 Å². The number of aliphatic imine (C=N–C) groups is 1. The number of nitrogens with zero attached hydrogens (tertiary/aromatic N) is 1. The van der Waals surface area contributed by atoms with Crippen LogP contribution in [0.3, 0.4) is 0 Å². The fraction of sp³-hybridized carbons (Fsp3) is 0.600. The van der Waals surface area contributed by atoms with Gasteiger partial charge in [-0.05, 0) is 30.0 Å². The maximum Gasteiger partial charge on any atom is 0.226 e. The second kappa shape index (κ2) is 14.7. The molecule has 6 nitrogen and oxygen atoms in total. The van der Waals surface area contributed by atoms with Gasteiger partial charge in [0.25, 0.3) is 0 Å². The van der Waals surface area contributed by atoms with E-state index in [0.29, 0.717) is 19.1 Å². The summed E-state index contributed by atoms with van der Waals surface area (Å²) in [6.07, 6.45) is 1.08. The van der Waals surface area contributed by atoms with E-state index in [0.717, 1.165) is 36.8 Å². The zero-order chi connectivity index (χ0) is 19.4. The number of rotatable bonds is 10. The zero-order valence-electron chi connectivity index (χ0n) is 17.2. The highest BCUT2D eigenvalue weighted by Crippen LogP contribution is 2.10. The second-order valence-corrected chi connectivity index (χ2v) is 6.99. The fourth-order valence-corrected chi connectivity index (χ4v) is 2.06. The van der Waals surface area contributed by atoms with Gasteiger partial charge in [-0.2, -0.15) is 0 Å². The third-order valence-corrected chi connectivity index (χ3v) is 3.81. The molecule has 1 aromatic carbocycles. The molecule has 0 aromatic heterocycles. The molecule has 0 aliphatic heterocycles. The summed E-state index contributed by atoms with van der Waals surface area (Å²) >= 11 is 0. The molecule has 0 spiro atoms. The van der Waals surface area contributed by atoms with Gasteiger partial charge in [0.1, 0.15) is 0 Å². The van der Waals surface area contributed by atoms with Crippen molar-refractivity contribution in [1.82, 2.24) is 10.6 Å². The molecule has 154 valence electrons. The molecule has 0 bridgehead atoms. The number of anilines is 1. The van der Waals surface area contributed by atoms with Crippen LogP contribution in [0.1, 0.15) is 39.7 Å². The van der Waals surface area contributed by atoms with Gasteiger partial charge in [0, 0.05) is 38.3 Å². The molecule has 0 fully saturated rings. The molecular weight excluding hydrogens is 455 g/mol. The van der Waals surface area contributed by atoms with Crippen molar-refractivity contribution in [3.05, 3.63) is 29.8 Å². The van der Waals surface area contributed by atoms with Gasteiger partial charge in [-0.25, -0.2) is 0 Å². The van der Waals surface area contributed by atoms with Crippen molar-refractivity contribution < 1.29 is 9.53 Å². The minimum absolute atomic E-state index is 0. The molecule has 0 radical (unpaired) electrons. The number of ether oxygens (including phenoxy) is 1.